The van der Waals surface area contributed by atoms with Crippen LogP contribution in [-0.2, 0) is 6.54 Å². The number of nitrogens with one attached hydrogen (secondary N) is 1. The van der Waals surface area contributed by atoms with E-state index in [2.05, 4.69) is 21.2 Å². The third-order valence-corrected chi connectivity index (χ3v) is 3.43. The molecule has 98 valence electrons. The third-order valence-electron chi connectivity index (χ3n) is 2.63. The Bertz CT molecular complexity index is 616. The number of carbonyl (C=O) groups excluding carboxylic acids is 1. The van der Waals surface area contributed by atoms with Gasteiger partial charge in [0.2, 0.25) is 5.91 Å². The van der Waals surface area contributed by atoms with Gasteiger partial charge in [-0.05, 0) is 35.9 Å². The Balaban J connectivity index is 2.10. The van der Waals surface area contributed by atoms with Gasteiger partial charge >= 0.3 is 0 Å². The first-order valence-electron chi connectivity index (χ1n) is 5.64. The molecular formula is C14H12BrClN2O. The van der Waals surface area contributed by atoms with Gasteiger partial charge in [-0.2, -0.15) is 0 Å². The summed E-state index contributed by atoms with van der Waals surface area (Å²) in [7, 11) is 0. The summed E-state index contributed by atoms with van der Waals surface area (Å²) < 4.78 is 0.929. The zero-order valence-corrected chi connectivity index (χ0v) is 12.3. The van der Waals surface area contributed by atoms with Crippen LogP contribution in [0.3, 0.4) is 0 Å². The minimum atomic E-state index is -0.427. The van der Waals surface area contributed by atoms with Crippen molar-refractivity contribution in [3.8, 4) is 0 Å². The summed E-state index contributed by atoms with van der Waals surface area (Å²) in [6.07, 6.45) is 0. The molecule has 0 aliphatic rings. The lowest BCUT2D eigenvalue weighted by Crippen LogP contribution is -2.11. The highest BCUT2D eigenvalue weighted by molar-refractivity contribution is 9.10. The number of anilines is 1. The van der Waals surface area contributed by atoms with Crippen molar-refractivity contribution in [2.45, 2.75) is 6.54 Å². The maximum atomic E-state index is 11.1. The average molecular weight is 340 g/mol. The molecular weight excluding hydrogens is 328 g/mol. The number of amides is 1. The minimum absolute atomic E-state index is 0.427. The maximum Gasteiger partial charge on any atom is 0.248 e. The van der Waals surface area contributed by atoms with Crippen molar-refractivity contribution in [3.05, 3.63) is 63.1 Å². The summed E-state index contributed by atoms with van der Waals surface area (Å²) >= 11 is 9.47. The molecule has 1 amide bonds. The average Bonchev–Trinajstić information content (AvgIpc) is 2.38. The SMILES string of the molecule is NC(=O)c1cccc(CNc2ccc(Br)cc2Cl)c1. The molecule has 0 saturated heterocycles. The number of benzene rings is 2. The lowest BCUT2D eigenvalue weighted by molar-refractivity contribution is 0.1000. The summed E-state index contributed by atoms with van der Waals surface area (Å²) in [5.74, 6) is -0.427. The second-order valence-electron chi connectivity index (χ2n) is 4.04. The summed E-state index contributed by atoms with van der Waals surface area (Å²) in [4.78, 5) is 11.1. The van der Waals surface area contributed by atoms with Gasteiger partial charge in [0.15, 0.2) is 0 Å². The molecule has 19 heavy (non-hydrogen) atoms. The Morgan fingerprint density at radius 2 is 2.05 bits per heavy atom. The molecule has 0 atom stereocenters. The van der Waals surface area contributed by atoms with Crippen molar-refractivity contribution < 1.29 is 4.79 Å². The molecule has 0 aromatic heterocycles. The van der Waals surface area contributed by atoms with Crippen molar-refractivity contribution in [1.29, 1.82) is 0 Å². The highest BCUT2D eigenvalue weighted by atomic mass is 79.9. The summed E-state index contributed by atoms with van der Waals surface area (Å²) in [6.45, 7) is 0.572. The van der Waals surface area contributed by atoms with Crippen molar-refractivity contribution in [1.82, 2.24) is 0 Å². The van der Waals surface area contributed by atoms with E-state index in [9.17, 15) is 4.79 Å². The largest absolute Gasteiger partial charge is 0.380 e. The first-order chi connectivity index (χ1) is 9.06. The molecule has 0 aliphatic carbocycles. The normalized spacial score (nSPS) is 10.2. The van der Waals surface area contributed by atoms with Gasteiger partial charge in [-0.1, -0.05) is 39.7 Å². The van der Waals surface area contributed by atoms with Gasteiger partial charge in [0.1, 0.15) is 0 Å². The van der Waals surface area contributed by atoms with Gasteiger partial charge in [-0.15, -0.1) is 0 Å². The van der Waals surface area contributed by atoms with Crippen LogP contribution in [0.4, 0.5) is 5.69 Å². The Morgan fingerprint density at radius 1 is 1.26 bits per heavy atom. The topological polar surface area (TPSA) is 55.1 Å². The Morgan fingerprint density at radius 3 is 2.74 bits per heavy atom. The van der Waals surface area contributed by atoms with Crippen LogP contribution in [0.15, 0.2) is 46.9 Å². The van der Waals surface area contributed by atoms with E-state index in [4.69, 9.17) is 17.3 Å². The number of primary amides is 1. The van der Waals surface area contributed by atoms with Crippen LogP contribution < -0.4 is 11.1 Å². The van der Waals surface area contributed by atoms with Crippen molar-refractivity contribution in [3.63, 3.8) is 0 Å². The lowest BCUT2D eigenvalue weighted by atomic mass is 10.1. The number of halogens is 2. The molecule has 3 nitrogen and oxygen atoms in total. The molecule has 0 unspecified atom stereocenters. The molecule has 0 spiro atoms. The lowest BCUT2D eigenvalue weighted by Gasteiger charge is -2.09. The molecule has 2 rings (SSSR count). The molecule has 3 N–H and O–H groups in total. The second kappa shape index (κ2) is 6.08. The predicted molar refractivity (Wildman–Crippen MR) is 81.4 cm³/mol. The van der Waals surface area contributed by atoms with Gasteiger partial charge in [-0.3, -0.25) is 4.79 Å². The van der Waals surface area contributed by atoms with Crippen molar-refractivity contribution in [2.75, 3.05) is 5.32 Å². The van der Waals surface area contributed by atoms with E-state index in [0.29, 0.717) is 17.1 Å². The predicted octanol–water partition coefficient (Wildman–Crippen LogP) is 3.81. The molecule has 0 radical (unpaired) electrons. The molecule has 0 fully saturated rings. The first-order valence-corrected chi connectivity index (χ1v) is 6.81. The van der Waals surface area contributed by atoms with Crippen LogP contribution in [-0.4, -0.2) is 5.91 Å². The van der Waals surface area contributed by atoms with Gasteiger partial charge in [0.05, 0.1) is 10.7 Å². The highest BCUT2D eigenvalue weighted by Gasteiger charge is 2.03. The number of carbonyl (C=O) groups is 1. The fourth-order valence-corrected chi connectivity index (χ4v) is 2.40. The number of hydrogen-bond donors (Lipinski definition) is 2. The molecule has 0 heterocycles. The van der Waals surface area contributed by atoms with Crippen LogP contribution in [0.2, 0.25) is 5.02 Å². The molecule has 0 bridgehead atoms. The highest BCUT2D eigenvalue weighted by Crippen LogP contribution is 2.26. The van der Waals surface area contributed by atoms with E-state index < -0.39 is 5.91 Å². The van der Waals surface area contributed by atoms with Crippen LogP contribution >= 0.6 is 27.5 Å². The minimum Gasteiger partial charge on any atom is -0.380 e. The van der Waals surface area contributed by atoms with Crippen LogP contribution in [0, 0.1) is 0 Å². The zero-order chi connectivity index (χ0) is 13.8. The summed E-state index contributed by atoms with van der Waals surface area (Å²) in [6, 6.07) is 12.8. The van der Waals surface area contributed by atoms with Crippen molar-refractivity contribution in [2.24, 2.45) is 5.73 Å². The third kappa shape index (κ3) is 3.72. The number of rotatable bonds is 4. The van der Waals surface area contributed by atoms with Gasteiger partial charge in [0, 0.05) is 16.6 Å². The van der Waals surface area contributed by atoms with Crippen molar-refractivity contribution >= 4 is 39.1 Å². The fraction of sp³-hybridized carbons (Fsp3) is 0.0714. The van der Waals surface area contributed by atoms with E-state index >= 15 is 0 Å². The molecule has 5 heteroatoms. The standard InChI is InChI=1S/C14H12BrClN2O/c15-11-4-5-13(12(16)7-11)18-8-9-2-1-3-10(6-9)14(17)19/h1-7,18H,8H2,(H2,17,19). The van der Waals surface area contributed by atoms with E-state index in [-0.39, 0.29) is 0 Å². The van der Waals surface area contributed by atoms with Crippen LogP contribution in [0.1, 0.15) is 15.9 Å². The quantitative estimate of drug-likeness (QED) is 0.890. The van der Waals surface area contributed by atoms with E-state index in [1.807, 2.05) is 24.3 Å². The number of hydrogen-bond acceptors (Lipinski definition) is 2. The van der Waals surface area contributed by atoms with Gasteiger partial charge in [-0.25, -0.2) is 0 Å². The second-order valence-corrected chi connectivity index (χ2v) is 5.37. The monoisotopic (exact) mass is 338 g/mol. The summed E-state index contributed by atoms with van der Waals surface area (Å²) in [5, 5.41) is 3.86. The van der Waals surface area contributed by atoms with E-state index in [0.717, 1.165) is 15.7 Å². The molecule has 2 aromatic carbocycles. The van der Waals surface area contributed by atoms with Crippen LogP contribution in [0.5, 0.6) is 0 Å². The van der Waals surface area contributed by atoms with E-state index in [1.165, 1.54) is 0 Å². The molecule has 2 aromatic rings. The number of nitrogens with two attached hydrogens (primary N) is 1. The summed E-state index contributed by atoms with van der Waals surface area (Å²) in [5.41, 5.74) is 7.56. The van der Waals surface area contributed by atoms with Gasteiger partial charge < -0.3 is 11.1 Å². The Labute approximate surface area is 124 Å². The zero-order valence-electron chi connectivity index (χ0n) is 9.99. The molecule has 0 aliphatic heterocycles. The maximum absolute atomic E-state index is 11.1. The smallest absolute Gasteiger partial charge is 0.248 e. The fourth-order valence-electron chi connectivity index (χ4n) is 1.66. The molecule has 0 saturated carbocycles. The first kappa shape index (κ1) is 13.9. The Hall–Kier alpha value is -1.52. The van der Waals surface area contributed by atoms with Crippen LogP contribution in [0.25, 0.3) is 0 Å². The van der Waals surface area contributed by atoms with E-state index in [1.54, 1.807) is 18.2 Å². The Kier molecular flexibility index (Phi) is 4.45. The van der Waals surface area contributed by atoms with Gasteiger partial charge in [0.25, 0.3) is 0 Å².